The molecule has 3 aromatic rings. The van der Waals surface area contributed by atoms with Gasteiger partial charge in [0.05, 0.1) is 12.6 Å². The van der Waals surface area contributed by atoms with Crippen molar-refractivity contribution in [1.82, 2.24) is 24.7 Å². The minimum absolute atomic E-state index is 0.464. The molecule has 1 aliphatic heterocycles. The Labute approximate surface area is 160 Å². The van der Waals surface area contributed by atoms with Crippen LogP contribution in [0.1, 0.15) is 0 Å². The molecule has 2 aromatic heterocycles. The second-order valence-electron chi connectivity index (χ2n) is 6.06. The summed E-state index contributed by atoms with van der Waals surface area (Å²) in [6.07, 6.45) is 0. The van der Waals surface area contributed by atoms with E-state index in [1.165, 1.54) is 0 Å². The van der Waals surface area contributed by atoms with E-state index < -0.39 is 0 Å². The molecule has 1 fully saturated rings. The number of hydrogen-bond donors (Lipinski definition) is 0. The van der Waals surface area contributed by atoms with Crippen molar-refractivity contribution in [3.8, 4) is 17.5 Å². The molecule has 9 heteroatoms. The van der Waals surface area contributed by atoms with Crippen LogP contribution in [0.5, 0.6) is 0 Å². The molecule has 0 amide bonds. The molecule has 0 bridgehead atoms. The first kappa shape index (κ1) is 17.0. The highest BCUT2D eigenvalue weighted by Gasteiger charge is 2.19. The zero-order valence-electron chi connectivity index (χ0n) is 13.8. The number of rotatable bonds is 3. The number of nitriles is 1. The van der Waals surface area contributed by atoms with E-state index in [1.54, 1.807) is 22.7 Å². The van der Waals surface area contributed by atoms with Crippen molar-refractivity contribution in [3.63, 3.8) is 0 Å². The summed E-state index contributed by atoms with van der Waals surface area (Å²) in [6, 6.07) is 11.3. The molecule has 3 heterocycles. The summed E-state index contributed by atoms with van der Waals surface area (Å²) >= 11 is 12.2. The Kier molecular flexibility index (Phi) is 4.64. The number of benzene rings is 1. The number of fused-ring (bicyclic) bond motifs is 1. The molecule has 0 atom stereocenters. The first-order chi connectivity index (χ1) is 12.6. The SMILES string of the molecule is N#CCN1CCN(c2ccc3nnc(-c4cc(Cl)cc(Cl)c4)n3n2)CC1. The van der Waals surface area contributed by atoms with Crippen molar-refractivity contribution < 1.29 is 0 Å². The lowest BCUT2D eigenvalue weighted by atomic mass is 10.2. The van der Waals surface area contributed by atoms with Crippen LogP contribution in [-0.2, 0) is 0 Å². The van der Waals surface area contributed by atoms with Crippen LogP contribution in [0.25, 0.3) is 17.0 Å². The van der Waals surface area contributed by atoms with Crippen LogP contribution >= 0.6 is 23.2 Å². The molecule has 0 radical (unpaired) electrons. The Morgan fingerprint density at radius 1 is 1.00 bits per heavy atom. The number of aromatic nitrogens is 4. The topological polar surface area (TPSA) is 73.4 Å². The average molecular weight is 388 g/mol. The second-order valence-corrected chi connectivity index (χ2v) is 6.94. The number of anilines is 1. The fourth-order valence-corrected chi connectivity index (χ4v) is 3.57. The molecule has 0 N–H and O–H groups in total. The van der Waals surface area contributed by atoms with Gasteiger partial charge in [-0.2, -0.15) is 9.78 Å². The molecule has 1 aliphatic rings. The van der Waals surface area contributed by atoms with Gasteiger partial charge in [-0.25, -0.2) is 0 Å². The highest BCUT2D eigenvalue weighted by Crippen LogP contribution is 2.26. The van der Waals surface area contributed by atoms with E-state index >= 15 is 0 Å². The van der Waals surface area contributed by atoms with Crippen molar-refractivity contribution in [2.24, 2.45) is 0 Å². The van der Waals surface area contributed by atoms with Crippen molar-refractivity contribution in [2.75, 3.05) is 37.6 Å². The lowest BCUT2D eigenvalue weighted by Crippen LogP contribution is -2.46. The molecular formula is C17H15Cl2N7. The molecule has 4 rings (SSSR count). The van der Waals surface area contributed by atoms with Gasteiger partial charge in [0.15, 0.2) is 11.5 Å². The van der Waals surface area contributed by atoms with Crippen LogP contribution in [0.3, 0.4) is 0 Å². The molecule has 0 unspecified atom stereocenters. The molecular weight excluding hydrogens is 373 g/mol. The van der Waals surface area contributed by atoms with Crippen molar-refractivity contribution in [3.05, 3.63) is 40.4 Å². The van der Waals surface area contributed by atoms with Crippen LogP contribution < -0.4 is 4.90 Å². The third kappa shape index (κ3) is 3.31. The Bertz CT molecular complexity index is 966. The molecule has 0 aliphatic carbocycles. The number of halogens is 2. The normalized spacial score (nSPS) is 15.3. The molecule has 1 aromatic carbocycles. The van der Waals surface area contributed by atoms with Gasteiger partial charge in [0.2, 0.25) is 0 Å². The molecule has 132 valence electrons. The number of piperazine rings is 1. The van der Waals surface area contributed by atoms with Gasteiger partial charge in [-0.1, -0.05) is 23.2 Å². The highest BCUT2D eigenvalue weighted by atomic mass is 35.5. The predicted octanol–water partition coefficient (Wildman–Crippen LogP) is 2.74. The van der Waals surface area contributed by atoms with Crippen LogP contribution in [-0.4, -0.2) is 57.4 Å². The molecule has 0 saturated carbocycles. The van der Waals surface area contributed by atoms with Crippen molar-refractivity contribution in [1.29, 1.82) is 5.26 Å². The van der Waals surface area contributed by atoms with E-state index in [-0.39, 0.29) is 0 Å². The zero-order valence-corrected chi connectivity index (χ0v) is 15.3. The fourth-order valence-electron chi connectivity index (χ4n) is 3.05. The smallest absolute Gasteiger partial charge is 0.185 e. The number of hydrogen-bond acceptors (Lipinski definition) is 6. The minimum Gasteiger partial charge on any atom is -0.353 e. The lowest BCUT2D eigenvalue weighted by Gasteiger charge is -2.33. The summed E-state index contributed by atoms with van der Waals surface area (Å²) in [5, 5.41) is 23.0. The standard InChI is InChI=1S/C17H15Cl2N7/c18-13-9-12(10-14(19)11-13)17-22-21-15-1-2-16(23-26(15)17)25-7-5-24(4-3-20)6-8-25/h1-2,9-11H,4-8H2. The maximum Gasteiger partial charge on any atom is 0.185 e. The minimum atomic E-state index is 0.464. The summed E-state index contributed by atoms with van der Waals surface area (Å²) < 4.78 is 1.71. The van der Waals surface area contributed by atoms with E-state index in [1.807, 2.05) is 12.1 Å². The quantitative estimate of drug-likeness (QED) is 0.643. The van der Waals surface area contributed by atoms with Gasteiger partial charge in [-0.3, -0.25) is 4.90 Å². The Morgan fingerprint density at radius 2 is 1.73 bits per heavy atom. The Hall–Kier alpha value is -2.40. The van der Waals surface area contributed by atoms with E-state index in [4.69, 9.17) is 33.6 Å². The summed E-state index contributed by atoms with van der Waals surface area (Å²) in [5.41, 5.74) is 1.42. The first-order valence-corrected chi connectivity index (χ1v) is 8.93. The maximum atomic E-state index is 8.82. The van der Waals surface area contributed by atoms with Crippen LogP contribution in [0.15, 0.2) is 30.3 Å². The first-order valence-electron chi connectivity index (χ1n) is 8.17. The monoisotopic (exact) mass is 387 g/mol. The summed E-state index contributed by atoms with van der Waals surface area (Å²) in [7, 11) is 0. The largest absolute Gasteiger partial charge is 0.353 e. The second kappa shape index (κ2) is 7.08. The van der Waals surface area contributed by atoms with Crippen LogP contribution in [0.4, 0.5) is 5.82 Å². The van der Waals surface area contributed by atoms with Gasteiger partial charge in [-0.15, -0.1) is 15.3 Å². The highest BCUT2D eigenvalue weighted by molar-refractivity contribution is 6.35. The van der Waals surface area contributed by atoms with Crippen molar-refractivity contribution >= 4 is 34.7 Å². The predicted molar refractivity (Wildman–Crippen MR) is 101 cm³/mol. The van der Waals surface area contributed by atoms with Gasteiger partial charge < -0.3 is 4.90 Å². The molecule has 0 spiro atoms. The van der Waals surface area contributed by atoms with E-state index in [2.05, 4.69) is 26.1 Å². The summed E-state index contributed by atoms with van der Waals surface area (Å²) in [6.45, 7) is 3.78. The summed E-state index contributed by atoms with van der Waals surface area (Å²) in [5.74, 6) is 1.44. The average Bonchev–Trinajstić information content (AvgIpc) is 3.05. The van der Waals surface area contributed by atoms with Gasteiger partial charge in [0.25, 0.3) is 0 Å². The zero-order chi connectivity index (χ0) is 18.1. The van der Waals surface area contributed by atoms with E-state index in [0.717, 1.165) is 37.6 Å². The third-order valence-corrected chi connectivity index (χ3v) is 4.80. The van der Waals surface area contributed by atoms with Crippen molar-refractivity contribution in [2.45, 2.75) is 0 Å². The van der Waals surface area contributed by atoms with Gasteiger partial charge >= 0.3 is 0 Å². The third-order valence-electron chi connectivity index (χ3n) is 4.36. The number of nitrogens with zero attached hydrogens (tertiary/aromatic N) is 7. The van der Waals surface area contributed by atoms with Crippen LogP contribution in [0, 0.1) is 11.3 Å². The van der Waals surface area contributed by atoms with E-state index in [0.29, 0.717) is 28.1 Å². The van der Waals surface area contributed by atoms with E-state index in [9.17, 15) is 0 Å². The molecule has 1 saturated heterocycles. The lowest BCUT2D eigenvalue weighted by molar-refractivity contribution is 0.286. The van der Waals surface area contributed by atoms with Crippen LogP contribution in [0.2, 0.25) is 10.0 Å². The van der Waals surface area contributed by atoms with Gasteiger partial charge in [-0.05, 0) is 30.3 Å². The Morgan fingerprint density at radius 3 is 2.42 bits per heavy atom. The Balaban J connectivity index is 1.66. The van der Waals surface area contributed by atoms with Gasteiger partial charge in [0, 0.05) is 41.8 Å². The fraction of sp³-hybridized carbons (Fsp3) is 0.294. The molecule has 26 heavy (non-hydrogen) atoms. The molecule has 7 nitrogen and oxygen atoms in total. The maximum absolute atomic E-state index is 8.82. The van der Waals surface area contributed by atoms with Gasteiger partial charge in [0.1, 0.15) is 5.82 Å². The summed E-state index contributed by atoms with van der Waals surface area (Å²) in [4.78, 5) is 4.33.